The van der Waals surface area contributed by atoms with Gasteiger partial charge in [-0.05, 0) is 31.2 Å². The van der Waals surface area contributed by atoms with Gasteiger partial charge < -0.3 is 0 Å². The molecule has 30 heavy (non-hydrogen) atoms. The number of hydrogen-bond donors (Lipinski definition) is 0. The third-order valence-electron chi connectivity index (χ3n) is 6.35. The van der Waals surface area contributed by atoms with Crippen molar-refractivity contribution in [2.75, 3.05) is 0 Å². The number of ketones is 2. The summed E-state index contributed by atoms with van der Waals surface area (Å²) in [6.07, 6.45) is 5.01. The second-order valence-electron chi connectivity index (χ2n) is 7.89. The van der Waals surface area contributed by atoms with Crippen molar-refractivity contribution in [3.05, 3.63) is 56.2 Å². The van der Waals surface area contributed by atoms with Crippen molar-refractivity contribution < 1.29 is 9.59 Å². The lowest BCUT2D eigenvalue weighted by Gasteiger charge is -2.21. The number of thiophene rings is 1. The Morgan fingerprint density at radius 3 is 2.47 bits per heavy atom. The largest absolute Gasteiger partial charge is 0.292 e. The van der Waals surface area contributed by atoms with Gasteiger partial charge >= 0.3 is 0 Å². The lowest BCUT2D eigenvalue weighted by Crippen LogP contribution is -2.44. The molecule has 3 aliphatic rings. The quantitative estimate of drug-likeness (QED) is 0.305. The van der Waals surface area contributed by atoms with Crippen molar-refractivity contribution in [3.8, 4) is 6.07 Å². The third-order valence-corrected chi connectivity index (χ3v) is 8.92. The van der Waals surface area contributed by atoms with E-state index < -0.39 is 22.4 Å². The topological polar surface area (TPSA) is 92.8 Å². The summed E-state index contributed by atoms with van der Waals surface area (Å²) in [7, 11) is 0. The van der Waals surface area contributed by atoms with Gasteiger partial charge in [0.25, 0.3) is 5.56 Å². The molecule has 2 aliphatic carbocycles. The van der Waals surface area contributed by atoms with E-state index in [1.54, 1.807) is 24.3 Å². The summed E-state index contributed by atoms with van der Waals surface area (Å²) >= 11 is 2.50. The Hall–Kier alpha value is -2.76. The van der Waals surface area contributed by atoms with Gasteiger partial charge in [0.05, 0.1) is 11.5 Å². The first-order valence-electron chi connectivity index (χ1n) is 9.92. The van der Waals surface area contributed by atoms with Crippen molar-refractivity contribution >= 4 is 44.9 Å². The van der Waals surface area contributed by atoms with Crippen LogP contribution in [-0.4, -0.2) is 25.9 Å². The highest BCUT2D eigenvalue weighted by molar-refractivity contribution is 8.02. The summed E-state index contributed by atoms with van der Waals surface area (Å²) in [5.74, 6) is -0.821. The fourth-order valence-electron chi connectivity index (χ4n) is 4.93. The summed E-state index contributed by atoms with van der Waals surface area (Å²) in [6, 6.07) is 7.51. The number of benzene rings is 1. The molecule has 2 aromatic heterocycles. The Morgan fingerprint density at radius 2 is 1.77 bits per heavy atom. The number of rotatable bonds is 0. The van der Waals surface area contributed by atoms with E-state index in [1.165, 1.54) is 20.8 Å². The number of carbonyl (C=O) groups excluding carboxylic acids is 2. The Labute approximate surface area is 179 Å². The maximum Gasteiger partial charge on any atom is 0.264 e. The van der Waals surface area contributed by atoms with Crippen LogP contribution in [0, 0.1) is 11.3 Å². The minimum atomic E-state index is -1.67. The molecule has 3 aromatic rings. The van der Waals surface area contributed by atoms with Crippen LogP contribution in [0.1, 0.15) is 56.5 Å². The van der Waals surface area contributed by atoms with Crippen LogP contribution in [0.15, 0.2) is 34.2 Å². The molecule has 1 atom stereocenters. The van der Waals surface area contributed by atoms with Crippen LogP contribution in [-0.2, 0) is 12.8 Å². The number of aromatic nitrogens is 2. The molecule has 3 heterocycles. The summed E-state index contributed by atoms with van der Waals surface area (Å²) in [4.78, 5) is 46.9. The van der Waals surface area contributed by atoms with Gasteiger partial charge in [0.1, 0.15) is 4.83 Å². The monoisotopic (exact) mass is 433 g/mol. The van der Waals surface area contributed by atoms with Crippen LogP contribution in [0.4, 0.5) is 0 Å². The maximum absolute atomic E-state index is 13.6. The highest BCUT2D eigenvalue weighted by Gasteiger charge is 2.64. The molecule has 148 valence electrons. The molecule has 0 N–H and O–H groups in total. The molecule has 0 bridgehead atoms. The zero-order chi connectivity index (χ0) is 20.6. The lowest BCUT2D eigenvalue weighted by molar-refractivity contribution is 0.0847. The number of aryl methyl sites for hydroxylation is 2. The zero-order valence-electron chi connectivity index (χ0n) is 15.8. The maximum atomic E-state index is 13.6. The van der Waals surface area contributed by atoms with Gasteiger partial charge in [-0.1, -0.05) is 42.4 Å². The molecule has 1 unspecified atom stereocenters. The number of nitriles is 1. The molecule has 1 spiro atoms. The third kappa shape index (κ3) is 2.04. The van der Waals surface area contributed by atoms with Gasteiger partial charge in [-0.3, -0.25) is 19.0 Å². The molecule has 0 saturated carbocycles. The van der Waals surface area contributed by atoms with E-state index in [2.05, 4.69) is 11.1 Å². The molecular weight excluding hydrogens is 418 g/mol. The van der Waals surface area contributed by atoms with E-state index in [4.69, 9.17) is 0 Å². The van der Waals surface area contributed by atoms with Crippen LogP contribution in [0.3, 0.4) is 0 Å². The van der Waals surface area contributed by atoms with Crippen molar-refractivity contribution in [1.29, 1.82) is 5.26 Å². The van der Waals surface area contributed by atoms with Gasteiger partial charge in [-0.25, -0.2) is 4.98 Å². The standard InChI is InChI=1S/C22H15N3O3S2/c23-10-15-22(17(26)11-6-4-5-7-12(11)18(22)27)30-21-24-19-16(20(28)25(15)21)13-8-2-1-3-9-14(13)29-19/h4-7,15H,1-3,8-9H2. The summed E-state index contributed by atoms with van der Waals surface area (Å²) < 4.78 is -0.370. The average Bonchev–Trinajstić information content (AvgIpc) is 3.27. The minimum absolute atomic E-state index is 0.282. The first-order valence-corrected chi connectivity index (χ1v) is 11.5. The smallest absolute Gasteiger partial charge is 0.264 e. The van der Waals surface area contributed by atoms with Crippen LogP contribution in [0.5, 0.6) is 0 Å². The minimum Gasteiger partial charge on any atom is -0.292 e. The average molecular weight is 434 g/mol. The molecule has 0 saturated heterocycles. The molecule has 0 fully saturated rings. The molecule has 6 nitrogen and oxygen atoms in total. The predicted molar refractivity (Wildman–Crippen MR) is 113 cm³/mol. The van der Waals surface area contributed by atoms with E-state index in [9.17, 15) is 19.6 Å². The van der Waals surface area contributed by atoms with Crippen LogP contribution < -0.4 is 5.56 Å². The van der Waals surface area contributed by atoms with E-state index in [0.717, 1.165) is 49.4 Å². The predicted octanol–water partition coefficient (Wildman–Crippen LogP) is 3.72. The first-order chi connectivity index (χ1) is 14.6. The number of carbonyl (C=O) groups is 2. The van der Waals surface area contributed by atoms with E-state index in [0.29, 0.717) is 21.3 Å². The van der Waals surface area contributed by atoms with Crippen molar-refractivity contribution in [1.82, 2.24) is 9.55 Å². The zero-order valence-corrected chi connectivity index (χ0v) is 17.4. The van der Waals surface area contributed by atoms with Crippen LogP contribution >= 0.6 is 23.1 Å². The Bertz CT molecular complexity index is 1360. The van der Waals surface area contributed by atoms with Crippen molar-refractivity contribution in [2.24, 2.45) is 0 Å². The number of fused-ring (bicyclic) bond motifs is 5. The lowest BCUT2D eigenvalue weighted by atomic mass is 9.93. The number of nitrogens with zero attached hydrogens (tertiary/aromatic N) is 3. The summed E-state index contributed by atoms with van der Waals surface area (Å²) in [5.41, 5.74) is 1.36. The van der Waals surface area contributed by atoms with E-state index in [1.807, 2.05) is 0 Å². The van der Waals surface area contributed by atoms with Crippen molar-refractivity contribution in [2.45, 2.75) is 48.0 Å². The molecule has 0 radical (unpaired) electrons. The molecule has 8 heteroatoms. The highest BCUT2D eigenvalue weighted by Crippen LogP contribution is 2.54. The SMILES string of the molecule is N#CC1n2c(nc3sc4c(c3c2=O)CCCCC4)SC12C(=O)c1ccccc1C2=O. The van der Waals surface area contributed by atoms with E-state index in [-0.39, 0.29) is 10.7 Å². The van der Waals surface area contributed by atoms with Gasteiger partial charge in [0.15, 0.2) is 27.5 Å². The van der Waals surface area contributed by atoms with Gasteiger partial charge in [0.2, 0.25) is 0 Å². The van der Waals surface area contributed by atoms with Gasteiger partial charge in [0, 0.05) is 16.0 Å². The highest BCUT2D eigenvalue weighted by atomic mass is 32.2. The fraction of sp³-hybridized carbons (Fsp3) is 0.318. The fourth-order valence-corrected chi connectivity index (χ4v) is 7.63. The Morgan fingerprint density at radius 1 is 1.07 bits per heavy atom. The van der Waals surface area contributed by atoms with Crippen molar-refractivity contribution in [3.63, 3.8) is 0 Å². The first kappa shape index (κ1) is 18.0. The number of Topliss-reactive ketones (excluding diaryl/α,β-unsaturated/α-hetero) is 2. The normalized spacial score (nSPS) is 21.4. The number of thioether (sulfide) groups is 1. The van der Waals surface area contributed by atoms with Crippen LogP contribution in [0.2, 0.25) is 0 Å². The van der Waals surface area contributed by atoms with Gasteiger partial charge in [-0.15, -0.1) is 11.3 Å². The molecular formula is C22H15N3O3S2. The molecule has 1 aromatic carbocycles. The summed E-state index contributed by atoms with van der Waals surface area (Å²) in [6.45, 7) is 0. The second kappa shape index (κ2) is 6.13. The molecule has 6 rings (SSSR count). The number of hydrogen-bond acceptors (Lipinski definition) is 7. The van der Waals surface area contributed by atoms with E-state index >= 15 is 0 Å². The Balaban J connectivity index is 1.60. The Kier molecular flexibility index (Phi) is 3.68. The van der Waals surface area contributed by atoms with Gasteiger partial charge in [-0.2, -0.15) is 5.26 Å². The second-order valence-corrected chi connectivity index (χ2v) is 10.2. The van der Waals surface area contributed by atoms with Crippen LogP contribution in [0.25, 0.3) is 10.2 Å². The molecule has 0 amide bonds. The summed E-state index contributed by atoms with van der Waals surface area (Å²) in [5, 5.41) is 10.9. The molecule has 1 aliphatic heterocycles.